The lowest BCUT2D eigenvalue weighted by Gasteiger charge is -2.21. The molecule has 29 heavy (non-hydrogen) atoms. The molecule has 0 saturated heterocycles. The molecule has 0 aliphatic heterocycles. The molecule has 0 atom stereocenters. The van der Waals surface area contributed by atoms with Crippen LogP contribution in [0, 0.1) is 0 Å². The average molecular weight is 381 g/mol. The van der Waals surface area contributed by atoms with E-state index in [1.54, 1.807) is 30.3 Å². The van der Waals surface area contributed by atoms with Gasteiger partial charge in [0.2, 0.25) is 0 Å². The number of phenols is 1. The Morgan fingerprint density at radius 1 is 0.724 bits per heavy atom. The maximum absolute atomic E-state index is 13.0. The first kappa shape index (κ1) is 17.0. The third-order valence-electron chi connectivity index (χ3n) is 5.13. The van der Waals surface area contributed by atoms with Crippen LogP contribution in [0.4, 0.5) is 5.69 Å². The van der Waals surface area contributed by atoms with E-state index >= 15 is 0 Å². The zero-order chi connectivity index (χ0) is 20.1. The molecular weight excluding hydrogens is 366 g/mol. The molecule has 5 rings (SSSR count). The first-order valence-corrected chi connectivity index (χ1v) is 9.05. The van der Waals surface area contributed by atoms with Crippen LogP contribution in [0.1, 0.15) is 31.8 Å². The van der Waals surface area contributed by atoms with Gasteiger partial charge in [0.25, 0.3) is 0 Å². The predicted molar refractivity (Wildman–Crippen MR) is 110 cm³/mol. The number of nitrogens with two attached hydrogens (primary N) is 1. The van der Waals surface area contributed by atoms with Crippen molar-refractivity contribution < 1.29 is 19.4 Å². The van der Waals surface area contributed by atoms with Gasteiger partial charge in [0.1, 0.15) is 11.5 Å². The first-order valence-electron chi connectivity index (χ1n) is 9.05. The van der Waals surface area contributed by atoms with E-state index in [4.69, 9.17) is 10.5 Å². The number of benzene rings is 4. The SMILES string of the molecule is Nc1c(Oc2ccc3ccccc3c2)cc(O)c2c1C(=O)c1ccccc1C2=O. The van der Waals surface area contributed by atoms with Crippen LogP contribution in [0.5, 0.6) is 17.2 Å². The summed E-state index contributed by atoms with van der Waals surface area (Å²) in [6.45, 7) is 0. The van der Waals surface area contributed by atoms with E-state index in [0.29, 0.717) is 5.75 Å². The number of phenolic OH excluding ortho intramolecular Hbond substituents is 1. The minimum atomic E-state index is -0.434. The Kier molecular flexibility index (Phi) is 3.64. The van der Waals surface area contributed by atoms with E-state index in [-0.39, 0.29) is 39.4 Å². The van der Waals surface area contributed by atoms with Crippen molar-refractivity contribution >= 4 is 28.0 Å². The summed E-state index contributed by atoms with van der Waals surface area (Å²) in [6, 6.07) is 21.1. The van der Waals surface area contributed by atoms with Crippen molar-refractivity contribution in [3.8, 4) is 17.2 Å². The number of fused-ring (bicyclic) bond motifs is 3. The maximum atomic E-state index is 13.0. The van der Waals surface area contributed by atoms with Crippen molar-refractivity contribution in [3.05, 3.63) is 95.1 Å². The molecule has 0 spiro atoms. The Hall–Kier alpha value is -4.12. The Morgan fingerprint density at radius 3 is 2.07 bits per heavy atom. The minimum absolute atomic E-state index is 0.0236. The molecule has 5 heteroatoms. The Balaban J connectivity index is 1.63. The summed E-state index contributed by atoms with van der Waals surface area (Å²) in [6.07, 6.45) is 0. The van der Waals surface area contributed by atoms with Gasteiger partial charge in [-0.05, 0) is 22.9 Å². The number of aromatic hydroxyl groups is 1. The molecule has 1 aliphatic rings. The zero-order valence-electron chi connectivity index (χ0n) is 15.2. The van der Waals surface area contributed by atoms with Crippen molar-refractivity contribution in [1.29, 1.82) is 0 Å². The highest BCUT2D eigenvalue weighted by molar-refractivity contribution is 6.31. The Morgan fingerprint density at radius 2 is 1.34 bits per heavy atom. The molecule has 1 aliphatic carbocycles. The lowest BCUT2D eigenvalue weighted by atomic mass is 9.82. The van der Waals surface area contributed by atoms with E-state index in [0.717, 1.165) is 10.8 Å². The normalized spacial score (nSPS) is 12.6. The van der Waals surface area contributed by atoms with E-state index in [1.807, 2.05) is 36.4 Å². The van der Waals surface area contributed by atoms with Crippen LogP contribution in [-0.2, 0) is 0 Å². The summed E-state index contributed by atoms with van der Waals surface area (Å²) >= 11 is 0. The number of anilines is 1. The summed E-state index contributed by atoms with van der Waals surface area (Å²) in [5.41, 5.74) is 6.67. The average Bonchev–Trinajstić information content (AvgIpc) is 2.74. The van der Waals surface area contributed by atoms with E-state index < -0.39 is 11.6 Å². The van der Waals surface area contributed by atoms with Crippen molar-refractivity contribution in [3.63, 3.8) is 0 Å². The molecule has 0 radical (unpaired) electrons. The molecule has 0 saturated carbocycles. The number of hydrogen-bond acceptors (Lipinski definition) is 5. The van der Waals surface area contributed by atoms with Gasteiger partial charge in [-0.15, -0.1) is 0 Å². The van der Waals surface area contributed by atoms with E-state index in [9.17, 15) is 14.7 Å². The van der Waals surface area contributed by atoms with Gasteiger partial charge in [-0.25, -0.2) is 0 Å². The van der Waals surface area contributed by atoms with Crippen LogP contribution in [0.25, 0.3) is 10.8 Å². The summed E-state index contributed by atoms with van der Waals surface area (Å²) < 4.78 is 5.89. The molecule has 0 bridgehead atoms. The molecule has 3 N–H and O–H groups in total. The molecule has 4 aromatic rings. The Labute approximate surface area is 166 Å². The third-order valence-corrected chi connectivity index (χ3v) is 5.13. The standard InChI is InChI=1S/C24H15NO4/c25-22-19(29-15-10-9-13-5-1-2-6-14(13)11-15)12-18(26)20-21(22)24(28)17-8-4-3-7-16(17)23(20)27/h1-12,26H,25H2. The number of nitrogen functional groups attached to an aromatic ring is 1. The van der Waals surface area contributed by atoms with Gasteiger partial charge in [-0.2, -0.15) is 0 Å². The minimum Gasteiger partial charge on any atom is -0.507 e. The van der Waals surface area contributed by atoms with Gasteiger partial charge in [0, 0.05) is 17.2 Å². The fraction of sp³-hybridized carbons (Fsp3) is 0. The van der Waals surface area contributed by atoms with Crippen LogP contribution >= 0.6 is 0 Å². The summed E-state index contributed by atoms with van der Waals surface area (Å²) in [5, 5.41) is 12.5. The summed E-state index contributed by atoms with van der Waals surface area (Å²) in [7, 11) is 0. The van der Waals surface area contributed by atoms with E-state index in [2.05, 4.69) is 0 Å². The van der Waals surface area contributed by atoms with Gasteiger partial charge in [0.15, 0.2) is 17.3 Å². The quantitative estimate of drug-likeness (QED) is 0.342. The Bertz CT molecular complexity index is 1340. The molecule has 5 nitrogen and oxygen atoms in total. The summed E-state index contributed by atoms with van der Waals surface area (Å²) in [4.78, 5) is 25.8. The molecule has 0 aromatic heterocycles. The fourth-order valence-electron chi connectivity index (χ4n) is 3.72. The second-order valence-corrected chi connectivity index (χ2v) is 6.87. The van der Waals surface area contributed by atoms with Gasteiger partial charge < -0.3 is 15.6 Å². The lowest BCUT2D eigenvalue weighted by Crippen LogP contribution is -2.22. The molecule has 0 amide bonds. The number of carbonyl (C=O) groups excluding carboxylic acids is 2. The number of rotatable bonds is 2. The first-order chi connectivity index (χ1) is 14.0. The number of carbonyl (C=O) groups is 2. The third kappa shape index (κ3) is 2.56. The molecule has 140 valence electrons. The highest BCUT2D eigenvalue weighted by Crippen LogP contribution is 2.42. The van der Waals surface area contributed by atoms with E-state index in [1.165, 1.54) is 6.07 Å². The topological polar surface area (TPSA) is 89.6 Å². The van der Waals surface area contributed by atoms with Gasteiger partial charge in [0.05, 0.1) is 16.8 Å². The zero-order valence-corrected chi connectivity index (χ0v) is 15.2. The second kappa shape index (κ2) is 6.21. The highest BCUT2D eigenvalue weighted by atomic mass is 16.5. The van der Waals surface area contributed by atoms with Gasteiger partial charge in [-0.3, -0.25) is 9.59 Å². The second-order valence-electron chi connectivity index (χ2n) is 6.87. The van der Waals surface area contributed by atoms with Crippen LogP contribution in [0.2, 0.25) is 0 Å². The number of ketones is 2. The summed E-state index contributed by atoms with van der Waals surface area (Å²) in [5.74, 6) is -0.553. The largest absolute Gasteiger partial charge is 0.507 e. The lowest BCUT2D eigenvalue weighted by molar-refractivity contribution is 0.0977. The van der Waals surface area contributed by atoms with Gasteiger partial charge in [-0.1, -0.05) is 54.6 Å². The molecule has 0 heterocycles. The van der Waals surface area contributed by atoms with Crippen molar-refractivity contribution in [2.45, 2.75) is 0 Å². The van der Waals surface area contributed by atoms with Crippen LogP contribution in [0.3, 0.4) is 0 Å². The smallest absolute Gasteiger partial charge is 0.198 e. The molecule has 0 unspecified atom stereocenters. The fourth-order valence-corrected chi connectivity index (χ4v) is 3.72. The van der Waals surface area contributed by atoms with Gasteiger partial charge >= 0.3 is 0 Å². The van der Waals surface area contributed by atoms with Crippen molar-refractivity contribution in [2.24, 2.45) is 0 Å². The van der Waals surface area contributed by atoms with Crippen LogP contribution < -0.4 is 10.5 Å². The highest BCUT2D eigenvalue weighted by Gasteiger charge is 2.35. The number of hydrogen-bond donors (Lipinski definition) is 2. The van der Waals surface area contributed by atoms with Crippen molar-refractivity contribution in [1.82, 2.24) is 0 Å². The molecule has 4 aromatic carbocycles. The molecule has 0 fully saturated rings. The predicted octanol–water partition coefficient (Wildman–Crippen LogP) is 4.70. The van der Waals surface area contributed by atoms with Crippen LogP contribution in [-0.4, -0.2) is 16.7 Å². The monoisotopic (exact) mass is 381 g/mol. The maximum Gasteiger partial charge on any atom is 0.198 e. The van der Waals surface area contributed by atoms with Crippen molar-refractivity contribution in [2.75, 3.05) is 5.73 Å². The molecular formula is C24H15NO4. The van der Waals surface area contributed by atoms with Crippen LogP contribution in [0.15, 0.2) is 72.8 Å². The number of ether oxygens (including phenoxy) is 1.